The van der Waals surface area contributed by atoms with E-state index in [1.165, 1.54) is 6.07 Å². The number of aryl methyl sites for hydroxylation is 1. The van der Waals surface area contributed by atoms with Crippen LogP contribution in [0.3, 0.4) is 0 Å². The number of hydrogen-bond acceptors (Lipinski definition) is 5. The van der Waals surface area contributed by atoms with Gasteiger partial charge in [-0.05, 0) is 38.0 Å². The fraction of sp³-hybridized carbons (Fsp3) is 0.571. The van der Waals surface area contributed by atoms with Gasteiger partial charge in [0.05, 0.1) is 17.4 Å². The lowest BCUT2D eigenvalue weighted by atomic mass is 10.1. The highest BCUT2D eigenvalue weighted by molar-refractivity contribution is 5.55. The second kappa shape index (κ2) is 8.45. The van der Waals surface area contributed by atoms with Crippen molar-refractivity contribution in [2.75, 3.05) is 39.3 Å². The van der Waals surface area contributed by atoms with Crippen LogP contribution in [-0.4, -0.2) is 60.2 Å². The number of alkyl halides is 3. The Kier molecular flexibility index (Phi) is 5.94. The fourth-order valence-electron chi connectivity index (χ4n) is 3.94. The normalized spacial score (nSPS) is 21.7. The van der Waals surface area contributed by atoms with E-state index in [1.807, 2.05) is 6.92 Å². The van der Waals surface area contributed by atoms with E-state index in [0.29, 0.717) is 24.0 Å². The number of piperazine rings is 1. The zero-order valence-corrected chi connectivity index (χ0v) is 16.5. The topological polar surface area (TPSA) is 41.7 Å². The molecule has 0 N–H and O–H groups in total. The summed E-state index contributed by atoms with van der Waals surface area (Å²) in [7, 11) is 0. The quantitative estimate of drug-likeness (QED) is 0.748. The van der Waals surface area contributed by atoms with Crippen LogP contribution in [0.25, 0.3) is 11.5 Å². The maximum absolute atomic E-state index is 13.0. The Morgan fingerprint density at radius 2 is 1.90 bits per heavy atom. The number of hydrogen-bond donors (Lipinski definition) is 0. The molecule has 0 unspecified atom stereocenters. The lowest BCUT2D eigenvalue weighted by molar-refractivity contribution is -0.137. The van der Waals surface area contributed by atoms with Crippen molar-refractivity contribution in [2.24, 2.45) is 0 Å². The van der Waals surface area contributed by atoms with Crippen LogP contribution < -0.4 is 0 Å². The molecule has 0 aliphatic carbocycles. The molecule has 0 bridgehead atoms. The van der Waals surface area contributed by atoms with Crippen molar-refractivity contribution in [3.63, 3.8) is 0 Å². The zero-order chi connectivity index (χ0) is 20.4. The average molecular weight is 409 g/mol. The minimum absolute atomic E-state index is 0.237. The standard InChI is InChI=1S/C21H26F3N3O2/c1-15-19(14-27-9-7-26(8-10-27)13-18-6-3-11-28-18)25-20(29-15)16-4-2-5-17(12-16)21(22,23)24/h2,4-5,12,18H,3,6-11,13-14H2,1H3/t18-/m0/s1. The van der Waals surface area contributed by atoms with Gasteiger partial charge >= 0.3 is 6.18 Å². The van der Waals surface area contributed by atoms with Gasteiger partial charge in [-0.1, -0.05) is 6.07 Å². The minimum atomic E-state index is -4.39. The Balaban J connectivity index is 1.37. The molecule has 8 heteroatoms. The maximum atomic E-state index is 13.0. The number of benzene rings is 1. The number of oxazole rings is 1. The molecule has 0 spiro atoms. The molecule has 0 saturated carbocycles. The van der Waals surface area contributed by atoms with E-state index < -0.39 is 11.7 Å². The Morgan fingerprint density at radius 1 is 1.14 bits per heavy atom. The number of halogens is 3. The lowest BCUT2D eigenvalue weighted by Crippen LogP contribution is -2.48. The molecule has 2 aliphatic rings. The summed E-state index contributed by atoms with van der Waals surface area (Å²) in [4.78, 5) is 9.24. The van der Waals surface area contributed by atoms with Crippen molar-refractivity contribution in [3.05, 3.63) is 41.3 Å². The van der Waals surface area contributed by atoms with Gasteiger partial charge in [0.1, 0.15) is 5.76 Å². The van der Waals surface area contributed by atoms with Crippen molar-refractivity contribution in [1.82, 2.24) is 14.8 Å². The van der Waals surface area contributed by atoms with Crippen molar-refractivity contribution in [3.8, 4) is 11.5 Å². The molecule has 0 radical (unpaired) electrons. The van der Waals surface area contributed by atoms with Gasteiger partial charge in [-0.15, -0.1) is 0 Å². The molecule has 2 aromatic rings. The predicted molar refractivity (Wildman–Crippen MR) is 102 cm³/mol. The second-order valence-electron chi connectivity index (χ2n) is 7.81. The highest BCUT2D eigenvalue weighted by Gasteiger charge is 2.31. The smallest absolute Gasteiger partial charge is 0.416 e. The van der Waals surface area contributed by atoms with Crippen molar-refractivity contribution in [2.45, 2.75) is 38.6 Å². The average Bonchev–Trinajstić information content (AvgIpc) is 3.33. The van der Waals surface area contributed by atoms with E-state index >= 15 is 0 Å². The number of aromatic nitrogens is 1. The van der Waals surface area contributed by atoms with Gasteiger partial charge in [0.15, 0.2) is 0 Å². The summed E-state index contributed by atoms with van der Waals surface area (Å²) < 4.78 is 50.3. The van der Waals surface area contributed by atoms with E-state index in [2.05, 4.69) is 14.8 Å². The molecule has 5 nitrogen and oxygen atoms in total. The summed E-state index contributed by atoms with van der Waals surface area (Å²) in [6, 6.07) is 5.11. The zero-order valence-electron chi connectivity index (χ0n) is 16.5. The van der Waals surface area contributed by atoms with Crippen molar-refractivity contribution < 1.29 is 22.3 Å². The van der Waals surface area contributed by atoms with Crippen LogP contribution in [-0.2, 0) is 17.5 Å². The molecule has 2 fully saturated rings. The molecule has 4 rings (SSSR count). The summed E-state index contributed by atoms with van der Waals surface area (Å²) in [6.07, 6.45) is -1.71. The molecular weight excluding hydrogens is 383 g/mol. The number of rotatable bonds is 5. The molecule has 3 heterocycles. The Morgan fingerprint density at radius 3 is 2.59 bits per heavy atom. The molecule has 1 atom stereocenters. The van der Waals surface area contributed by atoms with E-state index in [0.717, 1.165) is 70.0 Å². The van der Waals surface area contributed by atoms with Gasteiger partial charge in [0, 0.05) is 51.4 Å². The van der Waals surface area contributed by atoms with Crippen LogP contribution in [0.1, 0.15) is 29.9 Å². The monoisotopic (exact) mass is 409 g/mol. The van der Waals surface area contributed by atoms with Crippen molar-refractivity contribution in [1.29, 1.82) is 0 Å². The second-order valence-corrected chi connectivity index (χ2v) is 7.81. The maximum Gasteiger partial charge on any atom is 0.416 e. The van der Waals surface area contributed by atoms with Crippen LogP contribution in [0.4, 0.5) is 13.2 Å². The first kappa shape index (κ1) is 20.4. The molecule has 2 aliphatic heterocycles. The van der Waals surface area contributed by atoms with Crippen LogP contribution in [0.5, 0.6) is 0 Å². The third-order valence-electron chi connectivity index (χ3n) is 5.65. The predicted octanol–water partition coefficient (Wildman–Crippen LogP) is 3.97. The van der Waals surface area contributed by atoms with Crippen LogP contribution in [0.15, 0.2) is 28.7 Å². The van der Waals surface area contributed by atoms with E-state index in [4.69, 9.17) is 9.15 Å². The summed E-state index contributed by atoms with van der Waals surface area (Å²) >= 11 is 0. The molecule has 0 amide bonds. The summed E-state index contributed by atoms with van der Waals surface area (Å²) in [5.74, 6) is 0.889. The van der Waals surface area contributed by atoms with E-state index in [-0.39, 0.29) is 5.89 Å². The van der Waals surface area contributed by atoms with Crippen LogP contribution in [0.2, 0.25) is 0 Å². The fourth-order valence-corrected chi connectivity index (χ4v) is 3.94. The number of nitrogens with zero attached hydrogens (tertiary/aromatic N) is 3. The Bertz CT molecular complexity index is 823. The molecule has 1 aromatic heterocycles. The summed E-state index contributed by atoms with van der Waals surface area (Å²) in [6.45, 7) is 8.15. The third kappa shape index (κ3) is 4.99. The minimum Gasteiger partial charge on any atom is -0.441 e. The van der Waals surface area contributed by atoms with E-state index in [1.54, 1.807) is 6.07 Å². The first-order valence-corrected chi connectivity index (χ1v) is 10.1. The van der Waals surface area contributed by atoms with Gasteiger partial charge in [-0.25, -0.2) is 4.98 Å². The summed E-state index contributed by atoms with van der Waals surface area (Å²) in [5.41, 5.74) is 0.426. The molecule has 29 heavy (non-hydrogen) atoms. The highest BCUT2D eigenvalue weighted by atomic mass is 19.4. The van der Waals surface area contributed by atoms with Gasteiger partial charge in [0.2, 0.25) is 5.89 Å². The molecule has 1 aromatic carbocycles. The van der Waals surface area contributed by atoms with Gasteiger partial charge in [0.25, 0.3) is 0 Å². The van der Waals surface area contributed by atoms with E-state index in [9.17, 15) is 13.2 Å². The Hall–Kier alpha value is -1.90. The van der Waals surface area contributed by atoms with Gasteiger partial charge < -0.3 is 9.15 Å². The van der Waals surface area contributed by atoms with Gasteiger partial charge in [-0.3, -0.25) is 9.80 Å². The number of ether oxygens (including phenoxy) is 1. The van der Waals surface area contributed by atoms with Crippen LogP contribution in [0, 0.1) is 6.92 Å². The molecule has 2 saturated heterocycles. The van der Waals surface area contributed by atoms with Crippen LogP contribution >= 0.6 is 0 Å². The highest BCUT2D eigenvalue weighted by Crippen LogP contribution is 2.32. The Labute approximate surface area is 168 Å². The third-order valence-corrected chi connectivity index (χ3v) is 5.65. The van der Waals surface area contributed by atoms with Crippen molar-refractivity contribution >= 4 is 0 Å². The first-order chi connectivity index (χ1) is 13.9. The first-order valence-electron chi connectivity index (χ1n) is 10.1. The van der Waals surface area contributed by atoms with Gasteiger partial charge in [-0.2, -0.15) is 13.2 Å². The lowest BCUT2D eigenvalue weighted by Gasteiger charge is -2.35. The summed E-state index contributed by atoms with van der Waals surface area (Å²) in [5, 5.41) is 0. The molecule has 158 valence electrons. The largest absolute Gasteiger partial charge is 0.441 e. The SMILES string of the molecule is Cc1oc(-c2cccc(C(F)(F)F)c2)nc1CN1CCN(C[C@@H]2CCCO2)CC1. The molecular formula is C21H26F3N3O2.